The Hall–Kier alpha value is -4.73. The van der Waals surface area contributed by atoms with Crippen molar-refractivity contribution in [1.29, 1.82) is 0 Å². The molecular weight excluding hydrogens is 578 g/mol. The highest BCUT2D eigenvalue weighted by Crippen LogP contribution is 2.11. The Kier molecular flexibility index (Phi) is 15.9. The molecule has 0 fully saturated rings. The molecule has 0 saturated heterocycles. The highest BCUT2D eigenvalue weighted by Gasteiger charge is 2.29. The van der Waals surface area contributed by atoms with Gasteiger partial charge < -0.3 is 48.3 Å². The van der Waals surface area contributed by atoms with Gasteiger partial charge in [-0.25, -0.2) is 0 Å². The van der Waals surface area contributed by atoms with E-state index in [1.807, 2.05) is 0 Å². The van der Waals surface area contributed by atoms with E-state index in [2.05, 4.69) is 26.6 Å². The van der Waals surface area contributed by atoms with E-state index in [0.717, 1.165) is 0 Å². The summed E-state index contributed by atoms with van der Waals surface area (Å²) in [5, 5.41) is 30.4. The van der Waals surface area contributed by atoms with Gasteiger partial charge >= 0.3 is 5.97 Å². The smallest absolute Gasteiger partial charge is 0.305 e. The number of carboxylic acids is 1. The molecule has 0 spiro atoms. The molecule has 4 atom stereocenters. The largest absolute Gasteiger partial charge is 0.508 e. The summed E-state index contributed by atoms with van der Waals surface area (Å²) >= 11 is 0. The first-order chi connectivity index (χ1) is 20.6. The van der Waals surface area contributed by atoms with Crippen LogP contribution in [0.5, 0.6) is 5.75 Å². The summed E-state index contributed by atoms with van der Waals surface area (Å²) in [6, 6.07) is 1.71. The van der Waals surface area contributed by atoms with Crippen molar-refractivity contribution in [1.82, 2.24) is 26.6 Å². The predicted octanol–water partition coefficient (Wildman–Crippen LogP) is -2.24. The molecule has 0 aliphatic heterocycles. The minimum atomic E-state index is -1.23. The molecule has 0 bridgehead atoms. The van der Waals surface area contributed by atoms with Gasteiger partial charge in [-0.2, -0.15) is 0 Å². The number of carbonyl (C=O) groups is 7. The average Bonchev–Trinajstić information content (AvgIpc) is 2.93. The molecule has 1 aromatic carbocycles. The van der Waals surface area contributed by atoms with E-state index in [0.29, 0.717) is 5.56 Å². The van der Waals surface area contributed by atoms with Crippen molar-refractivity contribution < 1.29 is 43.8 Å². The van der Waals surface area contributed by atoms with Gasteiger partial charge in [0.25, 0.3) is 0 Å². The number of phenolic OH excluding ortho intramolecular Hbond substituents is 1. The van der Waals surface area contributed by atoms with Gasteiger partial charge in [-0.1, -0.05) is 26.0 Å². The van der Waals surface area contributed by atoms with Gasteiger partial charge in [0.15, 0.2) is 0 Å². The summed E-state index contributed by atoms with van der Waals surface area (Å²) in [5.74, 6) is -5.32. The maximum absolute atomic E-state index is 13.1. The fourth-order valence-electron chi connectivity index (χ4n) is 3.88. The Morgan fingerprint density at radius 1 is 0.795 bits per heavy atom. The number of carboxylic acid groups (broad SMARTS) is 1. The van der Waals surface area contributed by atoms with Crippen molar-refractivity contribution in [2.24, 2.45) is 17.4 Å². The van der Waals surface area contributed by atoms with Crippen molar-refractivity contribution in [3.63, 3.8) is 0 Å². The molecule has 0 aliphatic carbocycles. The molecule has 11 N–H and O–H groups in total. The van der Waals surface area contributed by atoms with Crippen molar-refractivity contribution >= 4 is 41.4 Å². The van der Waals surface area contributed by atoms with E-state index in [9.17, 15) is 38.7 Å². The molecule has 6 amide bonds. The number of phenols is 1. The van der Waals surface area contributed by atoms with Crippen LogP contribution in [0.25, 0.3) is 0 Å². The van der Waals surface area contributed by atoms with Crippen LogP contribution in [0.1, 0.15) is 52.0 Å². The Morgan fingerprint density at radius 3 is 1.98 bits per heavy atom. The minimum absolute atomic E-state index is 0.0690. The van der Waals surface area contributed by atoms with Gasteiger partial charge in [0.2, 0.25) is 35.4 Å². The van der Waals surface area contributed by atoms with Crippen molar-refractivity contribution in [3.8, 4) is 5.75 Å². The second-order valence-corrected chi connectivity index (χ2v) is 10.7. The summed E-state index contributed by atoms with van der Waals surface area (Å²) in [4.78, 5) is 85.3. The van der Waals surface area contributed by atoms with Crippen LogP contribution in [-0.4, -0.2) is 88.9 Å². The van der Waals surface area contributed by atoms with E-state index in [-0.39, 0.29) is 50.3 Å². The molecule has 0 unspecified atom stereocenters. The zero-order valence-corrected chi connectivity index (χ0v) is 25.1. The average molecular weight is 622 g/mol. The van der Waals surface area contributed by atoms with Gasteiger partial charge in [0.05, 0.1) is 19.0 Å². The lowest BCUT2D eigenvalue weighted by Gasteiger charge is -2.25. The number of nitrogens with one attached hydrogen (secondary N) is 5. The predicted molar refractivity (Wildman–Crippen MR) is 157 cm³/mol. The maximum atomic E-state index is 13.1. The maximum Gasteiger partial charge on any atom is 0.305 e. The van der Waals surface area contributed by atoms with Gasteiger partial charge in [-0.3, -0.25) is 33.6 Å². The Bertz CT molecular complexity index is 1170. The molecule has 1 rings (SSSR count). The molecule has 0 radical (unpaired) electrons. The standard InChI is InChI=1S/C28H43N7O9/c1-15(2)12-21(28(44)34-20(8-9-22(30)37)27(43)31-11-10-24(39)40)35-25(41)16(3)33-23(38)14-32-26(42)19(29)13-17-4-6-18(36)7-5-17/h4-7,15-16,19-21,36H,8-14,29H2,1-3H3,(H2,30,37)(H,31,43)(H,32,42)(H,33,38)(H,34,44)(H,35,41)(H,39,40)/t16-,19-,20-,21-/m0/s1. The summed E-state index contributed by atoms with van der Waals surface area (Å²) in [6.45, 7) is 4.31. The summed E-state index contributed by atoms with van der Waals surface area (Å²) in [7, 11) is 0. The van der Waals surface area contributed by atoms with Crippen molar-refractivity contribution in [2.45, 2.75) is 77.0 Å². The number of nitrogens with two attached hydrogens (primary N) is 2. The number of aromatic hydroxyl groups is 1. The number of benzene rings is 1. The lowest BCUT2D eigenvalue weighted by molar-refractivity contribution is -0.137. The van der Waals surface area contributed by atoms with Gasteiger partial charge in [-0.05, 0) is 49.8 Å². The second kappa shape index (κ2) is 18.7. The van der Waals surface area contributed by atoms with Crippen LogP contribution in [-0.2, 0) is 40.0 Å². The van der Waals surface area contributed by atoms with Crippen LogP contribution in [0.4, 0.5) is 0 Å². The minimum Gasteiger partial charge on any atom is -0.508 e. The number of aliphatic carboxylic acids is 1. The molecule has 1 aromatic rings. The number of hydrogen-bond donors (Lipinski definition) is 9. The Balaban J connectivity index is 2.73. The molecule has 16 heteroatoms. The van der Waals surface area contributed by atoms with Crippen LogP contribution in [0.15, 0.2) is 24.3 Å². The zero-order chi connectivity index (χ0) is 33.4. The van der Waals surface area contributed by atoms with Crippen LogP contribution in [0.2, 0.25) is 0 Å². The molecule has 44 heavy (non-hydrogen) atoms. The first-order valence-corrected chi connectivity index (χ1v) is 14.1. The third-order valence-corrected chi connectivity index (χ3v) is 6.21. The number of rotatable bonds is 19. The highest BCUT2D eigenvalue weighted by atomic mass is 16.4. The van der Waals surface area contributed by atoms with Crippen molar-refractivity contribution in [3.05, 3.63) is 29.8 Å². The summed E-state index contributed by atoms with van der Waals surface area (Å²) in [6.07, 6.45) is -0.414. The topological polar surface area (TPSA) is 272 Å². The Morgan fingerprint density at radius 2 is 1.41 bits per heavy atom. The molecular formula is C28H43N7O9. The fraction of sp³-hybridized carbons (Fsp3) is 0.536. The molecule has 0 heterocycles. The zero-order valence-electron chi connectivity index (χ0n) is 25.1. The van der Waals surface area contributed by atoms with Gasteiger partial charge in [0, 0.05) is 13.0 Å². The van der Waals surface area contributed by atoms with E-state index in [4.69, 9.17) is 16.6 Å². The molecule has 0 aliphatic rings. The van der Waals surface area contributed by atoms with E-state index >= 15 is 0 Å². The highest BCUT2D eigenvalue weighted by molar-refractivity contribution is 5.95. The van der Waals surface area contributed by atoms with Gasteiger partial charge in [0.1, 0.15) is 23.9 Å². The summed E-state index contributed by atoms with van der Waals surface area (Å²) in [5.41, 5.74) is 11.8. The number of hydrogen-bond acceptors (Lipinski definition) is 9. The third-order valence-electron chi connectivity index (χ3n) is 6.21. The Labute approximate surface area is 255 Å². The second-order valence-electron chi connectivity index (χ2n) is 10.7. The number of carbonyl (C=O) groups excluding carboxylic acids is 6. The van der Waals surface area contributed by atoms with Crippen LogP contribution >= 0.6 is 0 Å². The van der Waals surface area contributed by atoms with Crippen LogP contribution in [0, 0.1) is 5.92 Å². The monoisotopic (exact) mass is 621 g/mol. The van der Waals surface area contributed by atoms with Crippen molar-refractivity contribution in [2.75, 3.05) is 13.1 Å². The lowest BCUT2D eigenvalue weighted by atomic mass is 10.0. The SMILES string of the molecule is CC(C)C[C@H](NC(=O)[C@H](C)NC(=O)CNC(=O)[C@@H](N)Cc1ccc(O)cc1)C(=O)N[C@@H](CCC(N)=O)C(=O)NCCC(=O)O. The first-order valence-electron chi connectivity index (χ1n) is 14.1. The molecule has 244 valence electrons. The van der Waals surface area contributed by atoms with E-state index in [1.165, 1.54) is 19.1 Å². The lowest BCUT2D eigenvalue weighted by Crippen LogP contribution is -2.57. The first kappa shape index (κ1) is 37.3. The normalized spacial score (nSPS) is 13.5. The molecule has 0 aromatic heterocycles. The van der Waals surface area contributed by atoms with Gasteiger partial charge in [-0.15, -0.1) is 0 Å². The van der Waals surface area contributed by atoms with E-state index in [1.54, 1.807) is 26.0 Å². The number of amides is 6. The molecule has 0 saturated carbocycles. The quantitative estimate of drug-likeness (QED) is 0.0801. The molecule has 16 nitrogen and oxygen atoms in total. The fourth-order valence-corrected chi connectivity index (χ4v) is 3.88. The van der Waals surface area contributed by atoms with Crippen LogP contribution in [0.3, 0.4) is 0 Å². The summed E-state index contributed by atoms with van der Waals surface area (Å²) < 4.78 is 0. The van der Waals surface area contributed by atoms with Crippen LogP contribution < -0.4 is 38.1 Å². The third kappa shape index (κ3) is 14.9. The number of primary amides is 1. The van der Waals surface area contributed by atoms with E-state index < -0.39 is 72.1 Å².